The molecule has 1 heterocycles. The molecule has 126 valence electrons. The lowest BCUT2D eigenvalue weighted by Crippen LogP contribution is -2.50. The van der Waals surface area contributed by atoms with E-state index in [1.807, 2.05) is 24.3 Å². The minimum absolute atomic E-state index is 0.0945. The van der Waals surface area contributed by atoms with Gasteiger partial charge in [-0.3, -0.25) is 14.5 Å². The summed E-state index contributed by atoms with van der Waals surface area (Å²) < 4.78 is 0. The van der Waals surface area contributed by atoms with Gasteiger partial charge < -0.3 is 10.6 Å². The molecule has 1 aromatic rings. The van der Waals surface area contributed by atoms with E-state index in [1.165, 1.54) is 5.56 Å². The summed E-state index contributed by atoms with van der Waals surface area (Å²) in [5.74, 6) is -0.501. The molecule has 0 aromatic heterocycles. The van der Waals surface area contributed by atoms with Crippen LogP contribution in [0, 0.1) is 0 Å². The van der Waals surface area contributed by atoms with E-state index in [4.69, 9.17) is 5.73 Å². The summed E-state index contributed by atoms with van der Waals surface area (Å²) in [5.41, 5.74) is 7.26. The quantitative estimate of drug-likeness (QED) is 0.873. The van der Waals surface area contributed by atoms with E-state index < -0.39 is 11.9 Å². The average molecular weight is 317 g/mol. The highest BCUT2D eigenvalue weighted by Gasteiger charge is 2.31. The molecule has 5 nitrogen and oxygen atoms in total. The number of piperidine rings is 1. The third-order valence-electron chi connectivity index (χ3n) is 4.59. The zero-order valence-electron chi connectivity index (χ0n) is 14.1. The van der Waals surface area contributed by atoms with Crippen molar-refractivity contribution < 1.29 is 9.59 Å². The van der Waals surface area contributed by atoms with Crippen molar-refractivity contribution in [3.63, 3.8) is 0 Å². The Labute approximate surface area is 138 Å². The Bertz CT molecular complexity index is 538. The highest BCUT2D eigenvalue weighted by atomic mass is 16.2. The van der Waals surface area contributed by atoms with Crippen molar-refractivity contribution in [1.29, 1.82) is 0 Å². The number of rotatable bonds is 6. The van der Waals surface area contributed by atoms with E-state index in [0.717, 1.165) is 32.5 Å². The minimum atomic E-state index is -0.466. The molecule has 1 saturated heterocycles. The van der Waals surface area contributed by atoms with Gasteiger partial charge in [0.25, 0.3) is 5.91 Å². The van der Waals surface area contributed by atoms with Crippen molar-refractivity contribution in [3.8, 4) is 0 Å². The maximum atomic E-state index is 12.7. The first-order chi connectivity index (χ1) is 11.1. The molecule has 1 unspecified atom stereocenters. The Morgan fingerprint density at radius 1 is 1.17 bits per heavy atom. The highest BCUT2D eigenvalue weighted by molar-refractivity contribution is 5.97. The molecule has 1 atom stereocenters. The number of hydrogen-bond acceptors (Lipinski definition) is 3. The van der Waals surface area contributed by atoms with Gasteiger partial charge in [0.2, 0.25) is 5.91 Å². The molecule has 0 radical (unpaired) electrons. The Kier molecular flexibility index (Phi) is 6.16. The molecule has 2 rings (SSSR count). The first kappa shape index (κ1) is 17.5. The van der Waals surface area contributed by atoms with Crippen molar-refractivity contribution in [2.24, 2.45) is 5.73 Å². The summed E-state index contributed by atoms with van der Waals surface area (Å²) >= 11 is 0. The van der Waals surface area contributed by atoms with Crippen LogP contribution in [0.3, 0.4) is 0 Å². The highest BCUT2D eigenvalue weighted by Crippen LogP contribution is 2.20. The number of likely N-dealkylation sites (tertiary alicyclic amines) is 1. The molecular formula is C18H27N3O2. The fourth-order valence-electron chi connectivity index (χ4n) is 3.09. The Hall–Kier alpha value is -1.88. The molecule has 2 amide bonds. The van der Waals surface area contributed by atoms with Crippen LogP contribution in [-0.4, -0.2) is 47.3 Å². The fourth-order valence-corrected chi connectivity index (χ4v) is 3.09. The van der Waals surface area contributed by atoms with Crippen LogP contribution < -0.4 is 5.73 Å². The summed E-state index contributed by atoms with van der Waals surface area (Å²) in [6, 6.07) is 7.23. The normalized spacial score (nSPS) is 18.2. The van der Waals surface area contributed by atoms with Crippen LogP contribution in [-0.2, 0) is 11.3 Å². The predicted octanol–water partition coefficient (Wildman–Crippen LogP) is 2.01. The number of hydrogen-bond donors (Lipinski definition) is 1. The van der Waals surface area contributed by atoms with Crippen LogP contribution in [0.2, 0.25) is 0 Å². The number of carbonyl (C=O) groups is 2. The van der Waals surface area contributed by atoms with Gasteiger partial charge in [-0.05, 0) is 50.0 Å². The minimum Gasteiger partial charge on any atom is -0.368 e. The van der Waals surface area contributed by atoms with Gasteiger partial charge in [0, 0.05) is 18.7 Å². The predicted molar refractivity (Wildman–Crippen MR) is 90.9 cm³/mol. The summed E-state index contributed by atoms with van der Waals surface area (Å²) in [4.78, 5) is 28.2. The van der Waals surface area contributed by atoms with E-state index in [1.54, 1.807) is 4.90 Å². The van der Waals surface area contributed by atoms with Gasteiger partial charge in [-0.1, -0.05) is 26.0 Å². The first-order valence-electron chi connectivity index (χ1n) is 8.48. The maximum Gasteiger partial charge on any atom is 0.254 e. The Morgan fingerprint density at radius 2 is 1.83 bits per heavy atom. The summed E-state index contributed by atoms with van der Waals surface area (Å²) in [7, 11) is 0. The van der Waals surface area contributed by atoms with Gasteiger partial charge in [-0.25, -0.2) is 0 Å². The zero-order valence-corrected chi connectivity index (χ0v) is 14.1. The number of amides is 2. The number of nitrogens with two attached hydrogens (primary N) is 1. The van der Waals surface area contributed by atoms with Crippen molar-refractivity contribution >= 4 is 11.8 Å². The molecule has 1 fully saturated rings. The number of benzene rings is 1. The smallest absolute Gasteiger partial charge is 0.254 e. The SMILES string of the molecule is CCN(CC)Cc1ccc(C(=O)N2CCCCC2C(N)=O)cc1. The molecule has 1 aliphatic rings. The Morgan fingerprint density at radius 3 is 2.39 bits per heavy atom. The van der Waals surface area contributed by atoms with Crippen LogP contribution >= 0.6 is 0 Å². The Balaban J connectivity index is 2.08. The molecular weight excluding hydrogens is 290 g/mol. The van der Waals surface area contributed by atoms with E-state index in [9.17, 15) is 9.59 Å². The van der Waals surface area contributed by atoms with Gasteiger partial charge in [0.1, 0.15) is 6.04 Å². The first-order valence-corrected chi connectivity index (χ1v) is 8.48. The van der Waals surface area contributed by atoms with Crippen molar-refractivity contribution in [1.82, 2.24) is 9.80 Å². The van der Waals surface area contributed by atoms with Crippen LogP contribution in [0.5, 0.6) is 0 Å². The van der Waals surface area contributed by atoms with Gasteiger partial charge >= 0.3 is 0 Å². The van der Waals surface area contributed by atoms with Gasteiger partial charge in [0.15, 0.2) is 0 Å². The topological polar surface area (TPSA) is 66.6 Å². The molecule has 0 aliphatic carbocycles. The van der Waals surface area contributed by atoms with E-state index in [-0.39, 0.29) is 5.91 Å². The third-order valence-corrected chi connectivity index (χ3v) is 4.59. The second-order valence-corrected chi connectivity index (χ2v) is 6.07. The van der Waals surface area contributed by atoms with Gasteiger partial charge in [-0.15, -0.1) is 0 Å². The second kappa shape index (κ2) is 8.11. The number of carbonyl (C=O) groups excluding carboxylic acids is 2. The summed E-state index contributed by atoms with van der Waals surface area (Å²) in [6.07, 6.45) is 2.54. The van der Waals surface area contributed by atoms with Crippen molar-refractivity contribution in [2.75, 3.05) is 19.6 Å². The average Bonchev–Trinajstić information content (AvgIpc) is 2.59. The number of nitrogens with zero attached hydrogens (tertiary/aromatic N) is 2. The molecule has 1 aliphatic heterocycles. The van der Waals surface area contributed by atoms with E-state index in [0.29, 0.717) is 18.5 Å². The van der Waals surface area contributed by atoms with Crippen LogP contribution in [0.1, 0.15) is 49.0 Å². The van der Waals surface area contributed by atoms with Crippen molar-refractivity contribution in [2.45, 2.75) is 45.7 Å². The van der Waals surface area contributed by atoms with E-state index in [2.05, 4.69) is 18.7 Å². The lowest BCUT2D eigenvalue weighted by atomic mass is 10.00. The van der Waals surface area contributed by atoms with E-state index >= 15 is 0 Å². The van der Waals surface area contributed by atoms with Gasteiger partial charge in [-0.2, -0.15) is 0 Å². The zero-order chi connectivity index (χ0) is 16.8. The maximum absolute atomic E-state index is 12.7. The molecule has 0 spiro atoms. The van der Waals surface area contributed by atoms with Crippen LogP contribution in [0.25, 0.3) is 0 Å². The molecule has 1 aromatic carbocycles. The summed E-state index contributed by atoms with van der Waals surface area (Å²) in [5, 5.41) is 0. The van der Waals surface area contributed by atoms with Crippen molar-refractivity contribution in [3.05, 3.63) is 35.4 Å². The fraction of sp³-hybridized carbons (Fsp3) is 0.556. The molecule has 5 heteroatoms. The second-order valence-electron chi connectivity index (χ2n) is 6.07. The molecule has 2 N–H and O–H groups in total. The third kappa shape index (κ3) is 4.32. The lowest BCUT2D eigenvalue weighted by Gasteiger charge is -2.33. The van der Waals surface area contributed by atoms with Crippen LogP contribution in [0.15, 0.2) is 24.3 Å². The molecule has 23 heavy (non-hydrogen) atoms. The van der Waals surface area contributed by atoms with Crippen LogP contribution in [0.4, 0.5) is 0 Å². The number of primary amides is 1. The summed E-state index contributed by atoms with van der Waals surface area (Å²) in [6.45, 7) is 7.78. The lowest BCUT2D eigenvalue weighted by molar-refractivity contribution is -0.123. The molecule has 0 saturated carbocycles. The van der Waals surface area contributed by atoms with Gasteiger partial charge in [0.05, 0.1) is 0 Å². The largest absolute Gasteiger partial charge is 0.368 e. The molecule has 0 bridgehead atoms. The monoisotopic (exact) mass is 317 g/mol. The standard InChI is InChI=1S/C18H27N3O2/c1-3-20(4-2)13-14-8-10-15(11-9-14)18(23)21-12-6-5-7-16(21)17(19)22/h8-11,16H,3-7,12-13H2,1-2H3,(H2,19,22).